The number of hydrogen-bond acceptors (Lipinski definition) is 7. The molecule has 32 heavy (non-hydrogen) atoms. The molecule has 9 nitrogen and oxygen atoms in total. The van der Waals surface area contributed by atoms with E-state index in [1.54, 1.807) is 32.4 Å². The van der Waals surface area contributed by atoms with Crippen LogP contribution in [0.5, 0.6) is 5.75 Å². The summed E-state index contributed by atoms with van der Waals surface area (Å²) in [5, 5.41) is 17.6. The Hall–Kier alpha value is -3.63. The number of amides is 1. The molecule has 5 rings (SSSR count). The first-order valence-corrected chi connectivity index (χ1v) is 10.6. The van der Waals surface area contributed by atoms with Crippen molar-refractivity contribution in [2.24, 2.45) is 0 Å². The number of carbonyl (C=O) groups excluding carboxylic acids is 1. The molecule has 0 spiro atoms. The summed E-state index contributed by atoms with van der Waals surface area (Å²) in [5.74, 6) is -0.809. The molecule has 164 valence electrons. The largest absolute Gasteiger partial charge is 0.497 e. The van der Waals surface area contributed by atoms with Crippen LogP contribution in [0.2, 0.25) is 0 Å². The maximum atomic E-state index is 13.1. The van der Waals surface area contributed by atoms with Crippen molar-refractivity contribution < 1.29 is 24.2 Å². The Bertz CT molecular complexity index is 1410. The lowest BCUT2D eigenvalue weighted by atomic mass is 10.0. The first-order chi connectivity index (χ1) is 15.4. The molecule has 1 aliphatic rings. The normalized spacial score (nSPS) is 15.5. The van der Waals surface area contributed by atoms with Gasteiger partial charge in [0.25, 0.3) is 5.91 Å². The molecular weight excluding hydrogens is 432 g/mol. The predicted molar refractivity (Wildman–Crippen MR) is 121 cm³/mol. The lowest BCUT2D eigenvalue weighted by Gasteiger charge is -2.27. The van der Waals surface area contributed by atoms with E-state index in [4.69, 9.17) is 9.47 Å². The van der Waals surface area contributed by atoms with Gasteiger partial charge in [-0.2, -0.15) is 0 Å². The number of nitrogens with zero attached hydrogens (tertiary/aromatic N) is 1. The van der Waals surface area contributed by atoms with Crippen molar-refractivity contribution in [2.45, 2.75) is 19.7 Å². The molecule has 0 bridgehead atoms. The molecule has 0 aliphatic carbocycles. The highest BCUT2D eigenvalue weighted by Crippen LogP contribution is 2.43. The molecule has 1 unspecified atom stereocenters. The number of carboxylic acid groups (broad SMARTS) is 1. The average Bonchev–Trinajstić information content (AvgIpc) is 3.32. The molecule has 1 amide bonds. The number of hydrogen-bond donors (Lipinski definition) is 4. The third-order valence-electron chi connectivity index (χ3n) is 5.49. The van der Waals surface area contributed by atoms with Crippen LogP contribution in [0.4, 0.5) is 5.69 Å². The summed E-state index contributed by atoms with van der Waals surface area (Å²) < 4.78 is 10.6. The van der Waals surface area contributed by atoms with Gasteiger partial charge in [0.2, 0.25) is 0 Å². The van der Waals surface area contributed by atoms with Crippen molar-refractivity contribution in [1.29, 1.82) is 0 Å². The van der Waals surface area contributed by atoms with Crippen molar-refractivity contribution in [3.63, 3.8) is 0 Å². The van der Waals surface area contributed by atoms with Crippen LogP contribution in [0, 0.1) is 6.92 Å². The number of nitrogens with one attached hydrogen (secondary N) is 3. The maximum absolute atomic E-state index is 13.1. The number of thiophene rings is 1. The molecule has 1 aliphatic heterocycles. The number of anilines is 1. The van der Waals surface area contributed by atoms with Gasteiger partial charge in [0.15, 0.2) is 0 Å². The number of pyridine rings is 1. The fourth-order valence-corrected chi connectivity index (χ4v) is 5.33. The number of carbonyl (C=O) groups is 2. The second-order valence-electron chi connectivity index (χ2n) is 7.52. The third kappa shape index (κ3) is 3.07. The van der Waals surface area contributed by atoms with Gasteiger partial charge in [0.05, 0.1) is 24.9 Å². The molecule has 1 atom stereocenters. The standard InChI is InChI=1S/C22H20N4O5S/c1-9-6-10(8-30-2)14-16-18(32-21(14)23-9)20(27)26-19(25-16)15-12-5-4-11(31-3)7-13(12)24-17(15)22(28)29/h4-7,19,24-25H,8H2,1-3H3,(H,26,27)(H,28,29). The number of ether oxygens (including phenoxy) is 2. The Labute approximate surface area is 186 Å². The van der Waals surface area contributed by atoms with Crippen LogP contribution in [0.3, 0.4) is 0 Å². The lowest BCUT2D eigenvalue weighted by Crippen LogP contribution is -2.38. The van der Waals surface area contributed by atoms with Crippen LogP contribution < -0.4 is 15.4 Å². The molecule has 10 heteroatoms. The van der Waals surface area contributed by atoms with Gasteiger partial charge in [-0.3, -0.25) is 4.79 Å². The highest BCUT2D eigenvalue weighted by atomic mass is 32.1. The lowest BCUT2D eigenvalue weighted by molar-refractivity contribution is 0.0688. The van der Waals surface area contributed by atoms with E-state index in [9.17, 15) is 14.7 Å². The number of methoxy groups -OCH3 is 2. The Kier molecular flexibility index (Phi) is 4.75. The molecule has 1 aromatic carbocycles. The number of aromatic nitrogens is 2. The van der Waals surface area contributed by atoms with Gasteiger partial charge in [-0.1, -0.05) is 0 Å². The summed E-state index contributed by atoms with van der Waals surface area (Å²) in [6.45, 7) is 2.26. The summed E-state index contributed by atoms with van der Waals surface area (Å²) in [5.41, 5.74) is 3.43. The SMILES string of the molecule is COCc1cc(C)nc2sc3c(c12)NC(c1c(C(=O)O)[nH]c2cc(OC)ccc12)NC3=O. The van der Waals surface area contributed by atoms with E-state index in [-0.39, 0.29) is 11.6 Å². The number of H-pyrrole nitrogens is 1. The second-order valence-corrected chi connectivity index (χ2v) is 8.52. The van der Waals surface area contributed by atoms with Crippen molar-refractivity contribution in [3.05, 3.63) is 51.7 Å². The minimum absolute atomic E-state index is 0.000114. The predicted octanol–water partition coefficient (Wildman–Crippen LogP) is 3.79. The summed E-state index contributed by atoms with van der Waals surface area (Å²) in [6.07, 6.45) is -0.752. The maximum Gasteiger partial charge on any atom is 0.352 e. The number of aromatic carboxylic acids is 1. The van der Waals surface area contributed by atoms with Gasteiger partial charge < -0.3 is 30.2 Å². The van der Waals surface area contributed by atoms with Crippen molar-refractivity contribution in [3.8, 4) is 5.75 Å². The molecule has 0 fully saturated rings. The number of rotatable bonds is 5. The summed E-state index contributed by atoms with van der Waals surface area (Å²) >= 11 is 1.30. The summed E-state index contributed by atoms with van der Waals surface area (Å²) in [4.78, 5) is 33.8. The summed E-state index contributed by atoms with van der Waals surface area (Å²) in [6, 6.07) is 7.20. The van der Waals surface area contributed by atoms with E-state index >= 15 is 0 Å². The zero-order valence-electron chi connectivity index (χ0n) is 17.5. The van der Waals surface area contributed by atoms with E-state index in [2.05, 4.69) is 20.6 Å². The minimum atomic E-state index is -1.12. The van der Waals surface area contributed by atoms with E-state index in [1.165, 1.54) is 11.3 Å². The summed E-state index contributed by atoms with van der Waals surface area (Å²) in [7, 11) is 3.16. The van der Waals surface area contributed by atoms with Gasteiger partial charge in [0.1, 0.15) is 27.3 Å². The molecule has 4 heterocycles. The van der Waals surface area contributed by atoms with Crippen LogP contribution in [0.25, 0.3) is 21.1 Å². The van der Waals surface area contributed by atoms with Crippen molar-refractivity contribution in [2.75, 3.05) is 19.5 Å². The Morgan fingerprint density at radius 3 is 2.78 bits per heavy atom. The Morgan fingerprint density at radius 1 is 1.25 bits per heavy atom. The molecule has 3 aromatic heterocycles. The van der Waals surface area contributed by atoms with Crippen LogP contribution >= 0.6 is 11.3 Å². The van der Waals surface area contributed by atoms with Gasteiger partial charge >= 0.3 is 5.97 Å². The van der Waals surface area contributed by atoms with Crippen LogP contribution in [-0.2, 0) is 11.3 Å². The molecule has 4 aromatic rings. The molecular formula is C22H20N4O5S. The van der Waals surface area contributed by atoms with E-state index in [1.807, 2.05) is 13.0 Å². The Morgan fingerprint density at radius 2 is 2.06 bits per heavy atom. The van der Waals surface area contributed by atoms with Gasteiger partial charge in [-0.15, -0.1) is 11.3 Å². The van der Waals surface area contributed by atoms with Gasteiger partial charge in [-0.25, -0.2) is 9.78 Å². The monoisotopic (exact) mass is 452 g/mol. The quantitative estimate of drug-likeness (QED) is 0.363. The molecule has 0 radical (unpaired) electrons. The van der Waals surface area contributed by atoms with Crippen LogP contribution in [0.1, 0.15) is 43.1 Å². The highest BCUT2D eigenvalue weighted by Gasteiger charge is 2.34. The number of aromatic amines is 1. The average molecular weight is 452 g/mol. The topological polar surface area (TPSA) is 126 Å². The zero-order chi connectivity index (χ0) is 22.6. The fraction of sp³-hybridized carbons (Fsp3) is 0.227. The number of aryl methyl sites for hydroxylation is 1. The first-order valence-electron chi connectivity index (χ1n) is 9.83. The highest BCUT2D eigenvalue weighted by molar-refractivity contribution is 7.21. The zero-order valence-corrected chi connectivity index (χ0v) is 18.3. The number of fused-ring (bicyclic) bond motifs is 4. The van der Waals surface area contributed by atoms with E-state index in [0.29, 0.717) is 39.4 Å². The fourth-order valence-electron chi connectivity index (χ4n) is 4.19. The molecule has 0 saturated carbocycles. The van der Waals surface area contributed by atoms with Crippen molar-refractivity contribution in [1.82, 2.24) is 15.3 Å². The van der Waals surface area contributed by atoms with Crippen molar-refractivity contribution >= 4 is 50.0 Å². The number of benzene rings is 1. The Balaban J connectivity index is 1.69. The van der Waals surface area contributed by atoms with Crippen LogP contribution in [0.15, 0.2) is 24.3 Å². The minimum Gasteiger partial charge on any atom is -0.497 e. The number of carboxylic acids is 1. The van der Waals surface area contributed by atoms with E-state index < -0.39 is 12.1 Å². The van der Waals surface area contributed by atoms with Gasteiger partial charge in [-0.05, 0) is 30.7 Å². The molecule has 0 saturated heterocycles. The van der Waals surface area contributed by atoms with Gasteiger partial charge in [0, 0.05) is 35.2 Å². The smallest absolute Gasteiger partial charge is 0.352 e. The second kappa shape index (κ2) is 7.50. The van der Waals surface area contributed by atoms with Crippen LogP contribution in [-0.4, -0.2) is 41.2 Å². The van der Waals surface area contributed by atoms with E-state index in [0.717, 1.165) is 21.5 Å². The molecule has 4 N–H and O–H groups in total. The first kappa shape index (κ1) is 20.3. The third-order valence-corrected chi connectivity index (χ3v) is 6.57.